The van der Waals surface area contributed by atoms with Gasteiger partial charge in [-0.1, -0.05) is 12.1 Å². The van der Waals surface area contributed by atoms with Gasteiger partial charge in [-0.3, -0.25) is 0 Å². The lowest BCUT2D eigenvalue weighted by Crippen LogP contribution is -2.44. The van der Waals surface area contributed by atoms with Crippen molar-refractivity contribution in [2.24, 2.45) is 0 Å². The second-order valence-corrected chi connectivity index (χ2v) is 7.20. The zero-order chi connectivity index (χ0) is 19.7. The van der Waals surface area contributed by atoms with Crippen molar-refractivity contribution >= 4 is 17.4 Å². The molecule has 8 heteroatoms. The molecule has 28 heavy (non-hydrogen) atoms. The quantitative estimate of drug-likeness (QED) is 0.722. The highest BCUT2D eigenvalue weighted by atomic mass is 16.4. The zero-order valence-electron chi connectivity index (χ0n) is 16.1. The number of aryl methyl sites for hydroxylation is 1. The van der Waals surface area contributed by atoms with E-state index < -0.39 is 6.09 Å². The van der Waals surface area contributed by atoms with Crippen LogP contribution in [0.2, 0.25) is 0 Å². The maximum absolute atomic E-state index is 10.8. The van der Waals surface area contributed by atoms with E-state index in [-0.39, 0.29) is 6.54 Å². The van der Waals surface area contributed by atoms with E-state index in [4.69, 9.17) is 10.1 Å². The maximum Gasteiger partial charge on any atom is 0.404 e. The van der Waals surface area contributed by atoms with E-state index in [2.05, 4.69) is 33.3 Å². The van der Waals surface area contributed by atoms with Crippen LogP contribution in [0.5, 0.6) is 0 Å². The minimum Gasteiger partial charge on any atom is -0.465 e. The van der Waals surface area contributed by atoms with Gasteiger partial charge in [-0.05, 0) is 37.2 Å². The molecule has 1 saturated heterocycles. The SMILES string of the molecule is Cc1cc(-c2nc(N3CCN(C)CC3)cn3nccc23)ccc1CNC(=O)O. The lowest BCUT2D eigenvalue weighted by atomic mass is 10.0. The summed E-state index contributed by atoms with van der Waals surface area (Å²) >= 11 is 0. The number of carboxylic acid groups (broad SMARTS) is 1. The van der Waals surface area contributed by atoms with E-state index in [9.17, 15) is 4.79 Å². The first-order valence-electron chi connectivity index (χ1n) is 9.36. The Balaban J connectivity index is 1.70. The number of hydrogen-bond donors (Lipinski definition) is 2. The van der Waals surface area contributed by atoms with Crippen LogP contribution >= 0.6 is 0 Å². The van der Waals surface area contributed by atoms with Gasteiger partial charge < -0.3 is 20.2 Å². The fourth-order valence-corrected chi connectivity index (χ4v) is 3.53. The minimum atomic E-state index is -1.02. The van der Waals surface area contributed by atoms with Crippen LogP contribution in [0.25, 0.3) is 16.8 Å². The van der Waals surface area contributed by atoms with Crippen LogP contribution in [0, 0.1) is 6.92 Å². The molecule has 1 aliphatic rings. The van der Waals surface area contributed by atoms with Gasteiger partial charge in [0.15, 0.2) is 0 Å². The van der Waals surface area contributed by atoms with Crippen molar-refractivity contribution in [1.29, 1.82) is 0 Å². The smallest absolute Gasteiger partial charge is 0.404 e. The number of anilines is 1. The molecule has 3 heterocycles. The van der Waals surface area contributed by atoms with Crippen LogP contribution in [0.1, 0.15) is 11.1 Å². The molecule has 1 amide bonds. The Kier molecular flexibility index (Phi) is 4.87. The largest absolute Gasteiger partial charge is 0.465 e. The molecule has 3 aromatic rings. The van der Waals surface area contributed by atoms with Crippen LogP contribution in [0.4, 0.5) is 10.6 Å². The Morgan fingerprint density at radius 2 is 2.00 bits per heavy atom. The molecule has 8 nitrogen and oxygen atoms in total. The van der Waals surface area contributed by atoms with Crippen LogP contribution < -0.4 is 10.2 Å². The summed E-state index contributed by atoms with van der Waals surface area (Å²) in [4.78, 5) is 20.3. The predicted octanol–water partition coefficient (Wildman–Crippen LogP) is 2.22. The minimum absolute atomic E-state index is 0.290. The lowest BCUT2D eigenvalue weighted by molar-refractivity contribution is 0.194. The van der Waals surface area contributed by atoms with Crippen molar-refractivity contribution in [2.75, 3.05) is 38.1 Å². The average molecular weight is 380 g/mol. The van der Waals surface area contributed by atoms with Gasteiger partial charge in [-0.2, -0.15) is 5.10 Å². The first-order chi connectivity index (χ1) is 13.5. The number of piperazine rings is 1. The van der Waals surface area contributed by atoms with E-state index >= 15 is 0 Å². The molecule has 146 valence electrons. The van der Waals surface area contributed by atoms with Gasteiger partial charge in [0.05, 0.1) is 23.6 Å². The van der Waals surface area contributed by atoms with Crippen molar-refractivity contribution in [3.05, 3.63) is 47.8 Å². The highest BCUT2D eigenvalue weighted by molar-refractivity contribution is 5.78. The molecule has 0 bridgehead atoms. The lowest BCUT2D eigenvalue weighted by Gasteiger charge is -2.33. The third-order valence-corrected chi connectivity index (χ3v) is 5.25. The molecule has 0 saturated carbocycles. The Labute approximate surface area is 163 Å². The van der Waals surface area contributed by atoms with Gasteiger partial charge >= 0.3 is 6.09 Å². The van der Waals surface area contributed by atoms with Gasteiger partial charge in [0, 0.05) is 38.3 Å². The molecule has 2 aromatic heterocycles. The topological polar surface area (TPSA) is 86.0 Å². The summed E-state index contributed by atoms with van der Waals surface area (Å²) in [5.41, 5.74) is 4.81. The number of carbonyl (C=O) groups is 1. The van der Waals surface area contributed by atoms with E-state index in [1.54, 1.807) is 6.20 Å². The Bertz CT molecular complexity index is 1010. The molecule has 0 atom stereocenters. The van der Waals surface area contributed by atoms with Crippen LogP contribution in [-0.4, -0.2) is 63.9 Å². The van der Waals surface area contributed by atoms with Crippen molar-refractivity contribution in [3.63, 3.8) is 0 Å². The molecule has 1 fully saturated rings. The molecule has 1 aliphatic heterocycles. The third kappa shape index (κ3) is 3.63. The van der Waals surface area contributed by atoms with Crippen LogP contribution in [0.15, 0.2) is 36.7 Å². The normalized spacial score (nSPS) is 15.1. The van der Waals surface area contributed by atoms with E-state index in [1.807, 2.05) is 35.8 Å². The molecular weight excluding hydrogens is 356 g/mol. The Morgan fingerprint density at radius 3 is 2.71 bits per heavy atom. The van der Waals surface area contributed by atoms with E-state index in [0.29, 0.717) is 0 Å². The van der Waals surface area contributed by atoms with E-state index in [0.717, 1.165) is 59.9 Å². The first kappa shape index (κ1) is 18.2. The summed E-state index contributed by atoms with van der Waals surface area (Å²) in [5.74, 6) is 0.925. The van der Waals surface area contributed by atoms with Crippen molar-refractivity contribution in [1.82, 2.24) is 24.8 Å². The zero-order valence-corrected chi connectivity index (χ0v) is 16.1. The van der Waals surface area contributed by atoms with Gasteiger partial charge in [-0.25, -0.2) is 14.3 Å². The number of amides is 1. The van der Waals surface area contributed by atoms with Crippen molar-refractivity contribution in [2.45, 2.75) is 13.5 Å². The van der Waals surface area contributed by atoms with Crippen molar-refractivity contribution < 1.29 is 9.90 Å². The average Bonchev–Trinajstić information content (AvgIpc) is 3.15. The van der Waals surface area contributed by atoms with E-state index in [1.165, 1.54) is 0 Å². The number of fused-ring (bicyclic) bond motifs is 1. The highest BCUT2D eigenvalue weighted by Crippen LogP contribution is 2.28. The van der Waals surface area contributed by atoms with Gasteiger partial charge in [0.1, 0.15) is 5.82 Å². The number of rotatable bonds is 4. The monoisotopic (exact) mass is 380 g/mol. The number of likely N-dealkylation sites (N-methyl/N-ethyl adjacent to an activating group) is 1. The molecule has 0 spiro atoms. The summed E-state index contributed by atoms with van der Waals surface area (Å²) in [7, 11) is 2.14. The standard InChI is InChI=1S/C20H24N6O2/c1-14-11-15(3-4-16(14)12-21-20(27)28)19-17-5-6-22-26(17)13-18(23-19)25-9-7-24(2)8-10-25/h3-6,11,13,21H,7-10,12H2,1-2H3,(H,27,28). The van der Waals surface area contributed by atoms with Crippen LogP contribution in [0.3, 0.4) is 0 Å². The molecule has 2 N–H and O–H groups in total. The number of hydrogen-bond acceptors (Lipinski definition) is 5. The molecule has 0 aliphatic carbocycles. The van der Waals surface area contributed by atoms with Gasteiger partial charge in [0.2, 0.25) is 0 Å². The highest BCUT2D eigenvalue weighted by Gasteiger charge is 2.18. The molecule has 4 rings (SSSR count). The summed E-state index contributed by atoms with van der Waals surface area (Å²) < 4.78 is 1.88. The number of nitrogens with zero attached hydrogens (tertiary/aromatic N) is 5. The third-order valence-electron chi connectivity index (χ3n) is 5.25. The summed E-state index contributed by atoms with van der Waals surface area (Å²) in [6.45, 7) is 6.18. The van der Waals surface area contributed by atoms with Gasteiger partial charge in [-0.15, -0.1) is 0 Å². The van der Waals surface area contributed by atoms with Gasteiger partial charge in [0.25, 0.3) is 0 Å². The van der Waals surface area contributed by atoms with Crippen LogP contribution in [-0.2, 0) is 6.54 Å². The Hall–Kier alpha value is -3.13. The summed E-state index contributed by atoms with van der Waals surface area (Å²) in [6.07, 6.45) is 2.75. The molecular formula is C20H24N6O2. The van der Waals surface area contributed by atoms with Crippen molar-refractivity contribution in [3.8, 4) is 11.3 Å². The predicted molar refractivity (Wildman–Crippen MR) is 108 cm³/mol. The molecule has 0 unspecified atom stereocenters. The molecule has 0 radical (unpaired) electrons. The fraction of sp³-hybridized carbons (Fsp3) is 0.350. The second kappa shape index (κ2) is 7.47. The number of aromatic nitrogens is 3. The second-order valence-electron chi connectivity index (χ2n) is 7.20. The number of nitrogens with one attached hydrogen (secondary N) is 1. The number of benzene rings is 1. The Morgan fingerprint density at radius 1 is 1.21 bits per heavy atom. The summed E-state index contributed by atoms with van der Waals surface area (Å²) in [5, 5.41) is 15.7. The first-order valence-corrected chi connectivity index (χ1v) is 9.36. The fourth-order valence-electron chi connectivity index (χ4n) is 3.53. The molecule has 1 aromatic carbocycles. The maximum atomic E-state index is 10.8. The summed E-state index contributed by atoms with van der Waals surface area (Å²) in [6, 6.07) is 7.97.